The van der Waals surface area contributed by atoms with Crippen LogP contribution >= 0.6 is 24.0 Å². The number of hydrogen-bond donors (Lipinski definition) is 2. The van der Waals surface area contributed by atoms with Crippen molar-refractivity contribution in [1.82, 2.24) is 10.6 Å². The van der Waals surface area contributed by atoms with E-state index in [0.717, 1.165) is 23.3 Å². The lowest BCUT2D eigenvalue weighted by Crippen LogP contribution is -2.38. The summed E-state index contributed by atoms with van der Waals surface area (Å²) in [6.45, 7) is 0.00124. The number of ether oxygens (including phenoxy) is 3. The second kappa shape index (κ2) is 13.1. The highest BCUT2D eigenvalue weighted by Gasteiger charge is 2.12. The van der Waals surface area contributed by atoms with Crippen LogP contribution in [-0.2, 0) is 13.0 Å². The normalized spacial score (nSPS) is 11.0. The van der Waals surface area contributed by atoms with Gasteiger partial charge in [0.2, 0.25) is 0 Å². The maximum Gasteiger partial charge on any atom is 0.387 e. The highest BCUT2D eigenvalue weighted by atomic mass is 127. The van der Waals surface area contributed by atoms with Crippen molar-refractivity contribution in [2.45, 2.75) is 26.5 Å². The first-order valence-corrected chi connectivity index (χ1v) is 9.16. The first-order chi connectivity index (χ1) is 14.0. The van der Waals surface area contributed by atoms with Gasteiger partial charge in [-0.2, -0.15) is 8.78 Å². The van der Waals surface area contributed by atoms with Crippen LogP contribution in [0.25, 0.3) is 0 Å². The van der Waals surface area contributed by atoms with E-state index in [-0.39, 0.29) is 36.3 Å². The first kappa shape index (κ1) is 25.7. The van der Waals surface area contributed by atoms with Crippen molar-refractivity contribution >= 4 is 29.9 Å². The molecule has 0 unspecified atom stereocenters. The monoisotopic (exact) mass is 535 g/mol. The lowest BCUT2D eigenvalue weighted by Gasteiger charge is -2.15. The Kier molecular flexibility index (Phi) is 11.2. The molecule has 2 aromatic carbocycles. The molecule has 0 radical (unpaired) electrons. The third-order valence-electron chi connectivity index (χ3n) is 4.34. The Balaban J connectivity index is 0.00000450. The minimum Gasteiger partial charge on any atom is -0.497 e. The van der Waals surface area contributed by atoms with Gasteiger partial charge in [-0.3, -0.25) is 4.99 Å². The van der Waals surface area contributed by atoms with Crippen LogP contribution in [0.4, 0.5) is 8.78 Å². The van der Waals surface area contributed by atoms with E-state index in [9.17, 15) is 8.78 Å². The molecule has 0 atom stereocenters. The summed E-state index contributed by atoms with van der Waals surface area (Å²) in [6, 6.07) is 10.9. The molecule has 166 valence electrons. The van der Waals surface area contributed by atoms with Crippen molar-refractivity contribution in [2.24, 2.45) is 4.99 Å². The van der Waals surface area contributed by atoms with E-state index >= 15 is 0 Å². The Hall–Kier alpha value is -2.30. The predicted octanol–water partition coefficient (Wildman–Crippen LogP) is 4.14. The minimum absolute atomic E-state index is 0. The summed E-state index contributed by atoms with van der Waals surface area (Å²) < 4.78 is 40.4. The predicted molar refractivity (Wildman–Crippen MR) is 125 cm³/mol. The summed E-state index contributed by atoms with van der Waals surface area (Å²) in [5.74, 6) is 1.92. The summed E-state index contributed by atoms with van der Waals surface area (Å²) >= 11 is 0. The van der Waals surface area contributed by atoms with E-state index in [1.165, 1.54) is 13.2 Å². The van der Waals surface area contributed by atoms with E-state index in [2.05, 4.69) is 26.4 Å². The molecule has 9 heteroatoms. The molecule has 0 aliphatic carbocycles. The van der Waals surface area contributed by atoms with Crippen LogP contribution in [0.15, 0.2) is 41.4 Å². The number of rotatable bonds is 9. The van der Waals surface area contributed by atoms with Gasteiger partial charge in [0.05, 0.1) is 14.2 Å². The quantitative estimate of drug-likeness (QED) is 0.287. The van der Waals surface area contributed by atoms with Gasteiger partial charge in [0.25, 0.3) is 0 Å². The molecule has 0 aromatic heterocycles. The largest absolute Gasteiger partial charge is 0.497 e. The van der Waals surface area contributed by atoms with Crippen molar-refractivity contribution < 1.29 is 23.0 Å². The number of nitrogens with zero attached hydrogens (tertiary/aromatic N) is 1. The van der Waals surface area contributed by atoms with Gasteiger partial charge < -0.3 is 24.8 Å². The number of halogens is 3. The number of aliphatic imine (C=N–C) groups is 1. The zero-order valence-corrected chi connectivity index (χ0v) is 19.8. The van der Waals surface area contributed by atoms with Crippen molar-refractivity contribution in [3.05, 3.63) is 53.1 Å². The van der Waals surface area contributed by atoms with Crippen molar-refractivity contribution in [3.63, 3.8) is 0 Å². The van der Waals surface area contributed by atoms with Gasteiger partial charge in [0.15, 0.2) is 5.96 Å². The molecule has 0 aliphatic heterocycles. The number of alkyl halides is 2. The number of hydrogen-bond acceptors (Lipinski definition) is 4. The van der Waals surface area contributed by atoms with Crippen LogP contribution in [0.3, 0.4) is 0 Å². The molecule has 2 aromatic rings. The summed E-state index contributed by atoms with van der Waals surface area (Å²) in [7, 11) is 4.77. The number of aryl methyl sites for hydroxylation is 1. The van der Waals surface area contributed by atoms with Crippen LogP contribution in [0.2, 0.25) is 0 Å². The van der Waals surface area contributed by atoms with Gasteiger partial charge in [-0.15, -0.1) is 24.0 Å². The van der Waals surface area contributed by atoms with Gasteiger partial charge in [-0.05, 0) is 42.7 Å². The molecule has 0 fully saturated rings. The summed E-state index contributed by atoms with van der Waals surface area (Å²) in [5, 5.41) is 6.31. The molecule has 0 heterocycles. The van der Waals surface area contributed by atoms with E-state index in [4.69, 9.17) is 9.47 Å². The Morgan fingerprint density at radius 2 is 1.80 bits per heavy atom. The molecule has 2 N–H and O–H groups in total. The molecule has 0 saturated carbocycles. The van der Waals surface area contributed by atoms with Crippen LogP contribution in [0, 0.1) is 6.92 Å². The fourth-order valence-electron chi connectivity index (χ4n) is 2.76. The Morgan fingerprint density at radius 3 is 2.43 bits per heavy atom. The third-order valence-corrected chi connectivity index (χ3v) is 4.34. The number of benzene rings is 2. The first-order valence-electron chi connectivity index (χ1n) is 9.16. The van der Waals surface area contributed by atoms with E-state index in [1.54, 1.807) is 26.3 Å². The van der Waals surface area contributed by atoms with Gasteiger partial charge in [-0.1, -0.05) is 12.1 Å². The fourth-order valence-corrected chi connectivity index (χ4v) is 2.76. The molecular weight excluding hydrogens is 507 g/mol. The van der Waals surface area contributed by atoms with Crippen LogP contribution < -0.4 is 24.8 Å². The smallest absolute Gasteiger partial charge is 0.387 e. The van der Waals surface area contributed by atoms with E-state index in [0.29, 0.717) is 23.8 Å². The molecule has 0 aliphatic rings. The van der Waals surface area contributed by atoms with Crippen molar-refractivity contribution in [3.8, 4) is 17.2 Å². The fraction of sp³-hybridized carbons (Fsp3) is 0.381. The van der Waals surface area contributed by atoms with Gasteiger partial charge >= 0.3 is 6.61 Å². The molecular formula is C21H28F2IN3O3. The highest BCUT2D eigenvalue weighted by molar-refractivity contribution is 14.0. The minimum atomic E-state index is -2.91. The summed E-state index contributed by atoms with van der Waals surface area (Å²) in [6.07, 6.45) is 0.777. The Morgan fingerprint density at radius 1 is 1.03 bits per heavy atom. The van der Waals surface area contributed by atoms with Crippen LogP contribution in [0.5, 0.6) is 17.2 Å². The molecule has 30 heavy (non-hydrogen) atoms. The zero-order valence-electron chi connectivity index (χ0n) is 17.5. The maximum absolute atomic E-state index is 12.7. The molecule has 0 spiro atoms. The van der Waals surface area contributed by atoms with Gasteiger partial charge in [0, 0.05) is 31.8 Å². The molecule has 0 amide bonds. The number of methoxy groups -OCH3 is 2. The summed E-state index contributed by atoms with van der Waals surface area (Å²) in [5.41, 5.74) is 2.79. The van der Waals surface area contributed by atoms with Gasteiger partial charge in [-0.25, -0.2) is 0 Å². The molecule has 2 rings (SSSR count). The zero-order chi connectivity index (χ0) is 21.2. The summed E-state index contributed by atoms with van der Waals surface area (Å²) in [4.78, 5) is 4.16. The average molecular weight is 535 g/mol. The second-order valence-electron chi connectivity index (χ2n) is 6.26. The van der Waals surface area contributed by atoms with E-state index < -0.39 is 6.61 Å². The molecule has 0 bridgehead atoms. The average Bonchev–Trinajstić information content (AvgIpc) is 2.71. The Labute approximate surface area is 193 Å². The SMILES string of the molecule is CN=C(NCCc1ccc(C)c(OC)c1)NCc1ccc(OC)cc1OC(F)F.I. The Bertz CT molecular complexity index is 835. The van der Waals surface area contributed by atoms with Crippen molar-refractivity contribution in [2.75, 3.05) is 27.8 Å². The van der Waals surface area contributed by atoms with Crippen LogP contribution in [0.1, 0.15) is 16.7 Å². The standard InChI is InChI=1S/C21H27F2N3O3.HI/c1-14-5-6-15(11-18(14)28-4)9-10-25-21(24-2)26-13-16-7-8-17(27-3)12-19(16)29-20(22)23;/h5-8,11-12,20H,9-10,13H2,1-4H3,(H2,24,25,26);1H. The van der Waals surface area contributed by atoms with E-state index in [1.807, 2.05) is 19.1 Å². The maximum atomic E-state index is 12.7. The van der Waals surface area contributed by atoms with Crippen molar-refractivity contribution in [1.29, 1.82) is 0 Å². The lowest BCUT2D eigenvalue weighted by atomic mass is 10.1. The number of nitrogens with one attached hydrogen (secondary N) is 2. The third kappa shape index (κ3) is 7.85. The lowest BCUT2D eigenvalue weighted by molar-refractivity contribution is -0.0505. The van der Waals surface area contributed by atoms with Gasteiger partial charge in [0.1, 0.15) is 17.2 Å². The second-order valence-corrected chi connectivity index (χ2v) is 6.26. The topological polar surface area (TPSA) is 64.1 Å². The molecule has 0 saturated heterocycles. The highest BCUT2D eigenvalue weighted by Crippen LogP contribution is 2.26. The molecule has 6 nitrogen and oxygen atoms in total. The number of guanidine groups is 1. The van der Waals surface area contributed by atoms with Crippen LogP contribution in [-0.4, -0.2) is 40.4 Å².